The highest BCUT2D eigenvalue weighted by Gasteiger charge is 2.02. The lowest BCUT2D eigenvalue weighted by Crippen LogP contribution is -2.09. The van der Waals surface area contributed by atoms with Gasteiger partial charge in [-0.1, -0.05) is 18.7 Å². The number of nitrogen functional groups attached to an aromatic ring is 1. The van der Waals surface area contributed by atoms with E-state index in [0.717, 1.165) is 5.70 Å². The van der Waals surface area contributed by atoms with E-state index in [2.05, 4.69) is 26.8 Å². The Bertz CT molecular complexity index is 453. The average Bonchev–Trinajstić information content (AvgIpc) is 2.33. The summed E-state index contributed by atoms with van der Waals surface area (Å²) in [6.45, 7) is 5.60. The molecule has 3 N–H and O–H groups in total. The Balaban J connectivity index is 2.93. The number of rotatable bonds is 5. The van der Waals surface area contributed by atoms with Crippen LogP contribution in [-0.2, 0) is 6.32 Å². The molecule has 6 heteroatoms. The lowest BCUT2D eigenvalue weighted by atomic mass is 10.1. The molecule has 2 radical (unpaired) electrons. The van der Waals surface area contributed by atoms with E-state index in [4.69, 9.17) is 13.6 Å². The van der Waals surface area contributed by atoms with Crippen LogP contribution in [0.1, 0.15) is 12.7 Å². The molecule has 0 saturated carbocycles. The van der Waals surface area contributed by atoms with Gasteiger partial charge in [0.25, 0.3) is 0 Å². The van der Waals surface area contributed by atoms with Crippen molar-refractivity contribution in [2.24, 2.45) is 0 Å². The Hall–Kier alpha value is -2.11. The molecule has 0 fully saturated rings. The largest absolute Gasteiger partial charge is 0.368 e. The summed E-state index contributed by atoms with van der Waals surface area (Å²) in [4.78, 5) is 11.9. The second-order valence-corrected chi connectivity index (χ2v) is 3.11. The van der Waals surface area contributed by atoms with Crippen molar-refractivity contribution in [1.82, 2.24) is 15.0 Å². The van der Waals surface area contributed by atoms with E-state index in [1.807, 2.05) is 25.2 Å². The number of aromatic nitrogens is 3. The standard InChI is InChI=1S/C11H14BN5/c1-3-5-6-8(4-2)14-11-16-9(7-12)15-10(13)17-11/h3-6H,2,7H2,1H3,(H3,13,14,15,16,17)/b5-3-,8-6+. The first-order valence-corrected chi connectivity index (χ1v) is 5.12. The van der Waals surface area contributed by atoms with E-state index in [1.165, 1.54) is 0 Å². The fourth-order valence-corrected chi connectivity index (χ4v) is 1.07. The fraction of sp³-hybridized carbons (Fsp3) is 0.182. The molecular weight excluding hydrogens is 213 g/mol. The van der Waals surface area contributed by atoms with Crippen molar-refractivity contribution in [1.29, 1.82) is 0 Å². The summed E-state index contributed by atoms with van der Waals surface area (Å²) in [5.41, 5.74) is 6.30. The van der Waals surface area contributed by atoms with Gasteiger partial charge in [0.05, 0.1) is 7.85 Å². The van der Waals surface area contributed by atoms with Gasteiger partial charge in [-0.15, -0.1) is 0 Å². The molecule has 0 unspecified atom stereocenters. The summed E-state index contributed by atoms with van der Waals surface area (Å²) in [7, 11) is 5.45. The molecule has 17 heavy (non-hydrogen) atoms. The van der Waals surface area contributed by atoms with Gasteiger partial charge in [0.1, 0.15) is 5.82 Å². The van der Waals surface area contributed by atoms with Gasteiger partial charge in [-0.25, -0.2) is 0 Å². The van der Waals surface area contributed by atoms with Crippen LogP contribution in [0.3, 0.4) is 0 Å². The summed E-state index contributed by atoms with van der Waals surface area (Å²) in [5, 5.41) is 2.97. The molecule has 0 aliphatic carbocycles. The maximum absolute atomic E-state index is 5.54. The van der Waals surface area contributed by atoms with E-state index in [1.54, 1.807) is 6.08 Å². The average molecular weight is 227 g/mol. The third-order valence-corrected chi connectivity index (χ3v) is 1.83. The molecule has 0 saturated heterocycles. The van der Waals surface area contributed by atoms with Gasteiger partial charge in [0, 0.05) is 5.70 Å². The predicted octanol–water partition coefficient (Wildman–Crippen LogP) is 1.18. The maximum Gasteiger partial charge on any atom is 0.232 e. The van der Waals surface area contributed by atoms with Gasteiger partial charge < -0.3 is 11.1 Å². The molecule has 5 nitrogen and oxygen atoms in total. The normalized spacial score (nSPS) is 11.7. The Kier molecular flexibility index (Phi) is 4.93. The number of allylic oxidation sites excluding steroid dienone is 4. The molecule has 1 aromatic rings. The molecule has 0 atom stereocenters. The topological polar surface area (TPSA) is 76.7 Å². The SMILES string of the molecule is [B]Cc1nc(N)nc(N/C(C=C)=C/C=C\C)n1. The van der Waals surface area contributed by atoms with Gasteiger partial charge in [-0.05, 0) is 25.4 Å². The molecule has 0 spiro atoms. The van der Waals surface area contributed by atoms with Gasteiger partial charge >= 0.3 is 0 Å². The highest BCUT2D eigenvalue weighted by Crippen LogP contribution is 2.07. The minimum absolute atomic E-state index is 0.136. The third kappa shape index (κ3) is 4.10. The Labute approximate surface area is 102 Å². The lowest BCUT2D eigenvalue weighted by molar-refractivity contribution is 0.975. The number of hydrogen-bond donors (Lipinski definition) is 2. The molecule has 0 amide bonds. The van der Waals surface area contributed by atoms with Crippen molar-refractivity contribution >= 4 is 19.7 Å². The summed E-state index contributed by atoms with van der Waals surface area (Å²) < 4.78 is 0. The van der Waals surface area contributed by atoms with Crippen LogP contribution in [0.2, 0.25) is 0 Å². The second-order valence-electron chi connectivity index (χ2n) is 3.11. The summed E-state index contributed by atoms with van der Waals surface area (Å²) in [6.07, 6.45) is 7.48. The zero-order valence-electron chi connectivity index (χ0n) is 9.72. The maximum atomic E-state index is 5.54. The Morgan fingerprint density at radius 3 is 2.82 bits per heavy atom. The Morgan fingerprint density at radius 2 is 2.24 bits per heavy atom. The summed E-state index contributed by atoms with van der Waals surface area (Å²) >= 11 is 0. The van der Waals surface area contributed by atoms with E-state index >= 15 is 0 Å². The summed E-state index contributed by atoms with van der Waals surface area (Å²) in [5.74, 6) is 0.931. The van der Waals surface area contributed by atoms with Crippen molar-refractivity contribution in [3.8, 4) is 0 Å². The van der Waals surface area contributed by atoms with Crippen LogP contribution < -0.4 is 11.1 Å². The number of nitrogens with two attached hydrogens (primary N) is 1. The highest BCUT2D eigenvalue weighted by molar-refractivity contribution is 6.07. The van der Waals surface area contributed by atoms with Crippen molar-refractivity contribution in [2.75, 3.05) is 11.1 Å². The minimum atomic E-state index is 0.136. The van der Waals surface area contributed by atoms with Gasteiger partial charge in [-0.3, -0.25) is 0 Å². The van der Waals surface area contributed by atoms with Crippen LogP contribution in [0.15, 0.2) is 36.6 Å². The van der Waals surface area contributed by atoms with Gasteiger partial charge in [0.15, 0.2) is 0 Å². The smallest absolute Gasteiger partial charge is 0.232 e. The molecule has 0 aliphatic heterocycles. The van der Waals surface area contributed by atoms with Crippen molar-refractivity contribution in [2.45, 2.75) is 13.2 Å². The number of anilines is 2. The molecule has 0 bridgehead atoms. The zero-order valence-corrected chi connectivity index (χ0v) is 9.72. The fourth-order valence-electron chi connectivity index (χ4n) is 1.07. The van der Waals surface area contributed by atoms with Crippen LogP contribution in [0.5, 0.6) is 0 Å². The lowest BCUT2D eigenvalue weighted by Gasteiger charge is -2.06. The van der Waals surface area contributed by atoms with Crippen LogP contribution >= 0.6 is 0 Å². The van der Waals surface area contributed by atoms with E-state index in [0.29, 0.717) is 11.8 Å². The highest BCUT2D eigenvalue weighted by atomic mass is 15.2. The summed E-state index contributed by atoms with van der Waals surface area (Å²) in [6, 6.07) is 0. The van der Waals surface area contributed by atoms with Gasteiger partial charge in [0.2, 0.25) is 11.9 Å². The van der Waals surface area contributed by atoms with E-state index < -0.39 is 0 Å². The zero-order chi connectivity index (χ0) is 12.7. The molecule has 0 aliphatic rings. The van der Waals surface area contributed by atoms with Crippen molar-refractivity contribution < 1.29 is 0 Å². The first-order valence-electron chi connectivity index (χ1n) is 5.12. The first kappa shape index (κ1) is 13.0. The Morgan fingerprint density at radius 1 is 1.47 bits per heavy atom. The number of nitrogens with one attached hydrogen (secondary N) is 1. The van der Waals surface area contributed by atoms with Crippen LogP contribution in [0.4, 0.5) is 11.9 Å². The number of hydrogen-bond acceptors (Lipinski definition) is 5. The number of nitrogens with zero attached hydrogens (tertiary/aromatic N) is 3. The predicted molar refractivity (Wildman–Crippen MR) is 70.4 cm³/mol. The van der Waals surface area contributed by atoms with Crippen molar-refractivity contribution in [3.63, 3.8) is 0 Å². The van der Waals surface area contributed by atoms with E-state index in [-0.39, 0.29) is 12.3 Å². The van der Waals surface area contributed by atoms with Crippen LogP contribution in [-0.4, -0.2) is 22.8 Å². The van der Waals surface area contributed by atoms with Crippen molar-refractivity contribution in [3.05, 3.63) is 42.4 Å². The quantitative estimate of drug-likeness (QED) is 0.583. The molecule has 0 aromatic carbocycles. The first-order chi connectivity index (χ1) is 8.19. The molecule has 1 aromatic heterocycles. The monoisotopic (exact) mass is 227 g/mol. The third-order valence-electron chi connectivity index (χ3n) is 1.83. The van der Waals surface area contributed by atoms with Crippen LogP contribution in [0.25, 0.3) is 0 Å². The molecule has 1 heterocycles. The molecule has 86 valence electrons. The van der Waals surface area contributed by atoms with Crippen LogP contribution in [0, 0.1) is 0 Å². The second kappa shape index (κ2) is 6.47. The molecule has 1 rings (SSSR count). The van der Waals surface area contributed by atoms with E-state index in [9.17, 15) is 0 Å². The minimum Gasteiger partial charge on any atom is -0.368 e. The molecular formula is C11H14BN5. The van der Waals surface area contributed by atoms with Gasteiger partial charge in [-0.2, -0.15) is 15.0 Å².